The Balaban J connectivity index is 0.00000131. The molecular weight excluding hydrogens is 401 g/mol. The standard InChI is InChI=1S/C20H27N3OS.2ClH/c1-14(15-6-4-10-21-13-15)12-19(24)23-11-5-8-17(23)20-22-16-7-2-3-9-18(16)25-20;;/h2-3,7,9,14-15,17,21H,4-6,8,10-13H2,1H3;2*1H. The highest BCUT2D eigenvalue weighted by molar-refractivity contribution is 7.18. The van der Waals surface area contributed by atoms with Gasteiger partial charge in [0.1, 0.15) is 5.01 Å². The zero-order valence-corrected chi connectivity index (χ0v) is 18.2. The molecule has 150 valence electrons. The van der Waals surface area contributed by atoms with Gasteiger partial charge in [-0.1, -0.05) is 19.1 Å². The van der Waals surface area contributed by atoms with Crippen molar-refractivity contribution >= 4 is 52.3 Å². The van der Waals surface area contributed by atoms with E-state index in [1.54, 1.807) is 11.3 Å². The maximum absolute atomic E-state index is 13.0. The monoisotopic (exact) mass is 429 g/mol. The van der Waals surface area contributed by atoms with Crippen molar-refractivity contribution in [2.75, 3.05) is 19.6 Å². The van der Waals surface area contributed by atoms with Crippen LogP contribution < -0.4 is 5.32 Å². The van der Waals surface area contributed by atoms with E-state index in [1.807, 2.05) is 6.07 Å². The lowest BCUT2D eigenvalue weighted by Crippen LogP contribution is -2.37. The first kappa shape index (κ1) is 22.4. The predicted octanol–water partition coefficient (Wildman–Crippen LogP) is 4.83. The van der Waals surface area contributed by atoms with E-state index in [9.17, 15) is 4.79 Å². The lowest BCUT2D eigenvalue weighted by molar-refractivity contribution is -0.133. The van der Waals surface area contributed by atoms with Crippen LogP contribution in [0.3, 0.4) is 0 Å². The summed E-state index contributed by atoms with van der Waals surface area (Å²) in [6.07, 6.45) is 5.30. The number of carbonyl (C=O) groups excluding carboxylic acids is 1. The fraction of sp³-hybridized carbons (Fsp3) is 0.600. The lowest BCUT2D eigenvalue weighted by atomic mass is 9.85. The molecule has 2 aliphatic heterocycles. The van der Waals surface area contributed by atoms with Crippen molar-refractivity contribution < 1.29 is 4.79 Å². The van der Waals surface area contributed by atoms with Crippen LogP contribution in [0.5, 0.6) is 0 Å². The second-order valence-corrected chi connectivity index (χ2v) is 8.62. The van der Waals surface area contributed by atoms with E-state index in [0.29, 0.717) is 24.2 Å². The van der Waals surface area contributed by atoms with Gasteiger partial charge >= 0.3 is 0 Å². The summed E-state index contributed by atoms with van der Waals surface area (Å²) in [6, 6.07) is 8.46. The number of thiazole rings is 1. The Morgan fingerprint density at radius 3 is 2.85 bits per heavy atom. The summed E-state index contributed by atoms with van der Waals surface area (Å²) in [7, 11) is 0. The van der Waals surface area contributed by atoms with Crippen molar-refractivity contribution in [1.29, 1.82) is 0 Å². The number of fused-ring (bicyclic) bond motifs is 1. The van der Waals surface area contributed by atoms with E-state index in [-0.39, 0.29) is 30.9 Å². The maximum Gasteiger partial charge on any atom is 0.223 e. The number of nitrogens with zero attached hydrogens (tertiary/aromatic N) is 2. The SMILES string of the molecule is CC(CC(=O)N1CCCC1c1nc2ccccc2s1)C1CCCNC1.Cl.Cl. The molecule has 2 fully saturated rings. The van der Waals surface area contributed by atoms with Crippen LogP contribution in [0.1, 0.15) is 50.1 Å². The molecule has 1 aromatic heterocycles. The van der Waals surface area contributed by atoms with Gasteiger partial charge in [-0.2, -0.15) is 0 Å². The molecule has 2 saturated heterocycles. The number of halogens is 2. The van der Waals surface area contributed by atoms with Gasteiger partial charge in [-0.3, -0.25) is 4.79 Å². The van der Waals surface area contributed by atoms with Gasteiger partial charge in [0.2, 0.25) is 5.91 Å². The first-order valence-electron chi connectivity index (χ1n) is 9.58. The van der Waals surface area contributed by atoms with Gasteiger partial charge < -0.3 is 10.2 Å². The molecule has 7 heteroatoms. The smallest absolute Gasteiger partial charge is 0.223 e. The normalized spacial score (nSPS) is 23.5. The highest BCUT2D eigenvalue weighted by Crippen LogP contribution is 2.37. The van der Waals surface area contributed by atoms with Crippen molar-refractivity contribution in [1.82, 2.24) is 15.2 Å². The molecule has 4 nitrogen and oxygen atoms in total. The first-order valence-corrected chi connectivity index (χ1v) is 10.4. The van der Waals surface area contributed by atoms with Crippen LogP contribution in [0.25, 0.3) is 10.2 Å². The van der Waals surface area contributed by atoms with E-state index in [2.05, 4.69) is 35.3 Å². The predicted molar refractivity (Wildman–Crippen MR) is 117 cm³/mol. The van der Waals surface area contributed by atoms with Gasteiger partial charge in [0.25, 0.3) is 0 Å². The molecule has 3 atom stereocenters. The molecule has 1 aromatic carbocycles. The Morgan fingerprint density at radius 2 is 2.11 bits per heavy atom. The average Bonchev–Trinajstić information content (AvgIpc) is 3.28. The van der Waals surface area contributed by atoms with Crippen molar-refractivity contribution in [3.05, 3.63) is 29.3 Å². The number of aromatic nitrogens is 1. The Hall–Kier alpha value is -0.880. The van der Waals surface area contributed by atoms with E-state index in [1.165, 1.54) is 17.5 Å². The van der Waals surface area contributed by atoms with E-state index in [4.69, 9.17) is 4.98 Å². The van der Waals surface area contributed by atoms with Crippen LogP contribution in [0.15, 0.2) is 24.3 Å². The lowest BCUT2D eigenvalue weighted by Gasteiger charge is -2.30. The van der Waals surface area contributed by atoms with Crippen LogP contribution in [-0.4, -0.2) is 35.4 Å². The van der Waals surface area contributed by atoms with E-state index >= 15 is 0 Å². The highest BCUT2D eigenvalue weighted by Gasteiger charge is 2.33. The molecule has 3 heterocycles. The van der Waals surface area contributed by atoms with Gasteiger partial charge in [-0.25, -0.2) is 4.98 Å². The molecular formula is C20H29Cl2N3OS. The number of carbonyl (C=O) groups is 1. The fourth-order valence-corrected chi connectivity index (χ4v) is 5.39. The number of hydrogen-bond acceptors (Lipinski definition) is 4. The van der Waals surface area contributed by atoms with Crippen LogP contribution in [0, 0.1) is 11.8 Å². The molecule has 3 unspecified atom stereocenters. The van der Waals surface area contributed by atoms with Gasteiger partial charge in [0.15, 0.2) is 0 Å². The number of likely N-dealkylation sites (tertiary alicyclic amines) is 1. The molecule has 2 aliphatic rings. The second kappa shape index (κ2) is 10.1. The number of para-hydroxylation sites is 1. The second-order valence-electron chi connectivity index (χ2n) is 7.55. The molecule has 27 heavy (non-hydrogen) atoms. The van der Waals surface area contributed by atoms with Gasteiger partial charge in [-0.15, -0.1) is 36.2 Å². The summed E-state index contributed by atoms with van der Waals surface area (Å²) >= 11 is 1.75. The summed E-state index contributed by atoms with van der Waals surface area (Å²) in [5, 5.41) is 4.59. The summed E-state index contributed by atoms with van der Waals surface area (Å²) in [6.45, 7) is 5.33. The third kappa shape index (κ3) is 4.94. The zero-order valence-electron chi connectivity index (χ0n) is 15.7. The molecule has 0 bridgehead atoms. The van der Waals surface area contributed by atoms with Gasteiger partial charge in [0.05, 0.1) is 16.3 Å². The molecule has 4 rings (SSSR count). The topological polar surface area (TPSA) is 45.2 Å². The minimum atomic E-state index is 0. The first-order chi connectivity index (χ1) is 12.2. The Kier molecular flexibility index (Phi) is 8.35. The number of piperidine rings is 1. The van der Waals surface area contributed by atoms with Gasteiger partial charge in [0, 0.05) is 13.0 Å². The summed E-state index contributed by atoms with van der Waals surface area (Å²) in [4.78, 5) is 19.9. The summed E-state index contributed by atoms with van der Waals surface area (Å²) in [5.74, 6) is 1.41. The average molecular weight is 430 g/mol. The minimum Gasteiger partial charge on any atom is -0.333 e. The Labute approximate surface area is 177 Å². The molecule has 1 amide bonds. The molecule has 0 radical (unpaired) electrons. The van der Waals surface area contributed by atoms with Crippen molar-refractivity contribution in [2.24, 2.45) is 11.8 Å². The van der Waals surface area contributed by atoms with Gasteiger partial charge in [-0.05, 0) is 62.7 Å². The largest absolute Gasteiger partial charge is 0.333 e. The third-order valence-corrected chi connectivity index (χ3v) is 6.94. The number of amides is 1. The highest BCUT2D eigenvalue weighted by atomic mass is 35.5. The quantitative estimate of drug-likeness (QED) is 0.756. The third-order valence-electron chi connectivity index (χ3n) is 5.80. The van der Waals surface area contributed by atoms with E-state index in [0.717, 1.165) is 43.0 Å². The molecule has 2 aromatic rings. The number of nitrogens with one attached hydrogen (secondary N) is 1. The van der Waals surface area contributed by atoms with Crippen molar-refractivity contribution in [3.63, 3.8) is 0 Å². The van der Waals surface area contributed by atoms with Crippen LogP contribution in [0.2, 0.25) is 0 Å². The molecule has 0 aliphatic carbocycles. The summed E-state index contributed by atoms with van der Waals surface area (Å²) in [5.41, 5.74) is 1.06. The molecule has 0 spiro atoms. The minimum absolute atomic E-state index is 0. The van der Waals surface area contributed by atoms with Crippen molar-refractivity contribution in [2.45, 2.75) is 45.1 Å². The number of rotatable bonds is 4. The number of hydrogen-bond donors (Lipinski definition) is 1. The Bertz CT molecular complexity index is 715. The maximum atomic E-state index is 13.0. The fourth-order valence-electron chi connectivity index (χ4n) is 4.28. The number of benzene rings is 1. The van der Waals surface area contributed by atoms with Crippen LogP contribution in [0.4, 0.5) is 0 Å². The van der Waals surface area contributed by atoms with E-state index < -0.39 is 0 Å². The Morgan fingerprint density at radius 1 is 1.30 bits per heavy atom. The molecule has 0 saturated carbocycles. The van der Waals surface area contributed by atoms with Crippen molar-refractivity contribution in [3.8, 4) is 0 Å². The van der Waals surface area contributed by atoms with Crippen LogP contribution >= 0.6 is 36.2 Å². The summed E-state index contributed by atoms with van der Waals surface area (Å²) < 4.78 is 1.22. The molecule has 1 N–H and O–H groups in total. The van der Waals surface area contributed by atoms with Crippen LogP contribution in [-0.2, 0) is 4.79 Å². The zero-order chi connectivity index (χ0) is 17.2.